The third kappa shape index (κ3) is 2.99. The van der Waals surface area contributed by atoms with Crippen LogP contribution in [0.4, 0.5) is 17.1 Å². The Hall–Kier alpha value is -2.50. The summed E-state index contributed by atoms with van der Waals surface area (Å²) in [6, 6.07) is 3.87. The van der Waals surface area contributed by atoms with E-state index in [2.05, 4.69) is 15.7 Å². The molecule has 2 heterocycles. The van der Waals surface area contributed by atoms with Crippen molar-refractivity contribution in [1.82, 2.24) is 9.78 Å². The fourth-order valence-electron chi connectivity index (χ4n) is 2.54. The molecule has 110 valence electrons. The third-order valence-electron chi connectivity index (χ3n) is 3.66. The lowest BCUT2D eigenvalue weighted by Gasteiger charge is -2.19. The monoisotopic (exact) mass is 285 g/mol. The van der Waals surface area contributed by atoms with E-state index in [1.807, 2.05) is 31.6 Å². The van der Waals surface area contributed by atoms with Gasteiger partial charge in [-0.1, -0.05) is 0 Å². The van der Waals surface area contributed by atoms with Crippen molar-refractivity contribution >= 4 is 23.0 Å². The van der Waals surface area contributed by atoms with Crippen molar-refractivity contribution in [2.45, 2.75) is 19.3 Å². The van der Waals surface area contributed by atoms with Gasteiger partial charge in [-0.15, -0.1) is 0 Å². The average Bonchev–Trinajstić information content (AvgIpc) is 2.85. The molecular weight excluding hydrogens is 266 g/mol. The Kier molecular flexibility index (Phi) is 3.51. The number of nitrogen functional groups attached to an aromatic ring is 1. The van der Waals surface area contributed by atoms with Crippen LogP contribution in [0.5, 0.6) is 0 Å². The molecule has 0 saturated heterocycles. The molecule has 0 atom stereocenters. The van der Waals surface area contributed by atoms with E-state index in [0.717, 1.165) is 36.3 Å². The summed E-state index contributed by atoms with van der Waals surface area (Å²) in [4.78, 5) is 11.4. The number of carbonyl (C=O) groups is 1. The number of nitrogens with zero attached hydrogens (tertiary/aromatic N) is 2. The predicted molar refractivity (Wildman–Crippen MR) is 83.2 cm³/mol. The maximum atomic E-state index is 11.4. The third-order valence-corrected chi connectivity index (χ3v) is 3.66. The highest BCUT2D eigenvalue weighted by molar-refractivity contribution is 5.95. The van der Waals surface area contributed by atoms with Crippen LogP contribution >= 0.6 is 0 Å². The van der Waals surface area contributed by atoms with E-state index in [1.54, 1.807) is 4.68 Å². The number of carbonyl (C=O) groups excluding carboxylic acids is 1. The minimum Gasteiger partial charge on any atom is -0.397 e. The average molecular weight is 285 g/mol. The van der Waals surface area contributed by atoms with E-state index in [-0.39, 0.29) is 5.91 Å². The maximum absolute atomic E-state index is 11.4. The molecule has 0 bridgehead atoms. The number of hydrogen-bond donors (Lipinski definition) is 3. The van der Waals surface area contributed by atoms with Gasteiger partial charge in [0.15, 0.2) is 0 Å². The van der Waals surface area contributed by atoms with E-state index in [1.165, 1.54) is 5.56 Å². The maximum Gasteiger partial charge on any atom is 0.224 e. The van der Waals surface area contributed by atoms with Crippen LogP contribution < -0.4 is 16.4 Å². The molecule has 0 fully saturated rings. The molecule has 0 spiro atoms. The van der Waals surface area contributed by atoms with Gasteiger partial charge in [-0.25, -0.2) is 0 Å². The molecule has 1 amide bonds. The van der Waals surface area contributed by atoms with Crippen molar-refractivity contribution in [3.8, 4) is 0 Å². The van der Waals surface area contributed by atoms with Crippen molar-refractivity contribution in [3.05, 3.63) is 35.7 Å². The van der Waals surface area contributed by atoms with Crippen molar-refractivity contribution in [3.63, 3.8) is 0 Å². The fourth-order valence-corrected chi connectivity index (χ4v) is 2.54. The molecule has 0 saturated carbocycles. The molecule has 1 aliphatic heterocycles. The fraction of sp³-hybridized carbons (Fsp3) is 0.333. The number of nitrogens with two attached hydrogens (primary N) is 1. The van der Waals surface area contributed by atoms with Crippen LogP contribution in [0.15, 0.2) is 24.5 Å². The molecule has 0 unspecified atom stereocenters. The van der Waals surface area contributed by atoms with E-state index in [9.17, 15) is 4.79 Å². The van der Waals surface area contributed by atoms with Gasteiger partial charge in [-0.3, -0.25) is 9.48 Å². The number of aryl methyl sites for hydroxylation is 2. The van der Waals surface area contributed by atoms with Crippen molar-refractivity contribution in [1.29, 1.82) is 0 Å². The quantitative estimate of drug-likeness (QED) is 0.744. The topological polar surface area (TPSA) is 85.0 Å². The summed E-state index contributed by atoms with van der Waals surface area (Å²) in [6.45, 7) is 0.793. The molecule has 21 heavy (non-hydrogen) atoms. The Balaban J connectivity index is 1.67. The van der Waals surface area contributed by atoms with Crippen LogP contribution in [0.25, 0.3) is 0 Å². The van der Waals surface area contributed by atoms with Gasteiger partial charge in [-0.05, 0) is 36.1 Å². The second kappa shape index (κ2) is 5.47. The van der Waals surface area contributed by atoms with E-state index in [4.69, 9.17) is 5.73 Å². The lowest BCUT2D eigenvalue weighted by atomic mass is 10.0. The number of rotatable bonds is 4. The first-order valence-corrected chi connectivity index (χ1v) is 7.05. The molecule has 4 N–H and O–H groups in total. The summed E-state index contributed by atoms with van der Waals surface area (Å²) in [6.07, 6.45) is 6.06. The summed E-state index contributed by atoms with van der Waals surface area (Å²) in [5, 5.41) is 10.4. The Bertz CT molecular complexity index is 677. The summed E-state index contributed by atoms with van der Waals surface area (Å²) in [5.41, 5.74) is 10.8. The number of hydrogen-bond acceptors (Lipinski definition) is 4. The first kappa shape index (κ1) is 13.5. The van der Waals surface area contributed by atoms with Crippen molar-refractivity contribution in [2.75, 3.05) is 22.9 Å². The van der Waals surface area contributed by atoms with Crippen molar-refractivity contribution < 1.29 is 4.79 Å². The minimum absolute atomic E-state index is 0.0548. The van der Waals surface area contributed by atoms with Gasteiger partial charge in [0.2, 0.25) is 5.91 Å². The standard InChI is InChI=1S/C15H19N5O/c1-20-9-10(8-18-20)4-5-17-14-6-11-2-3-15(21)19-13(11)7-12(14)16/h6-9,17H,2-5,16H2,1H3,(H,19,21). The molecule has 6 nitrogen and oxygen atoms in total. The second-order valence-electron chi connectivity index (χ2n) is 5.34. The number of nitrogens with one attached hydrogen (secondary N) is 2. The first-order valence-electron chi connectivity index (χ1n) is 7.05. The SMILES string of the molecule is Cn1cc(CCNc2cc3c(cc2N)NC(=O)CC3)cn1. The highest BCUT2D eigenvalue weighted by Gasteiger charge is 2.16. The molecule has 0 aliphatic carbocycles. The number of amides is 1. The van der Waals surface area contributed by atoms with Gasteiger partial charge < -0.3 is 16.4 Å². The molecule has 2 aromatic rings. The van der Waals surface area contributed by atoms with Gasteiger partial charge >= 0.3 is 0 Å². The van der Waals surface area contributed by atoms with Crippen LogP contribution in [0.3, 0.4) is 0 Å². The van der Waals surface area contributed by atoms with Gasteiger partial charge in [0, 0.05) is 31.9 Å². The highest BCUT2D eigenvalue weighted by Crippen LogP contribution is 2.30. The first-order chi connectivity index (χ1) is 10.1. The smallest absolute Gasteiger partial charge is 0.224 e. The van der Waals surface area contributed by atoms with E-state index in [0.29, 0.717) is 12.1 Å². The van der Waals surface area contributed by atoms with Crippen molar-refractivity contribution in [2.24, 2.45) is 7.05 Å². The molecule has 1 aromatic heterocycles. The number of fused-ring (bicyclic) bond motifs is 1. The lowest BCUT2D eigenvalue weighted by Crippen LogP contribution is -2.19. The molecular formula is C15H19N5O. The summed E-state index contributed by atoms with van der Waals surface area (Å²) in [7, 11) is 1.91. The molecule has 1 aromatic carbocycles. The zero-order chi connectivity index (χ0) is 14.8. The second-order valence-corrected chi connectivity index (χ2v) is 5.34. The van der Waals surface area contributed by atoms with Gasteiger partial charge in [-0.2, -0.15) is 5.10 Å². The summed E-state index contributed by atoms with van der Waals surface area (Å²) >= 11 is 0. The predicted octanol–water partition coefficient (Wildman–Crippen LogP) is 1.54. The number of anilines is 3. The van der Waals surface area contributed by atoms with Gasteiger partial charge in [0.1, 0.15) is 0 Å². The Morgan fingerprint density at radius 3 is 3.05 bits per heavy atom. The Morgan fingerprint density at radius 2 is 2.29 bits per heavy atom. The van der Waals surface area contributed by atoms with Gasteiger partial charge in [0.25, 0.3) is 0 Å². The summed E-state index contributed by atoms with van der Waals surface area (Å²) in [5.74, 6) is 0.0548. The zero-order valence-corrected chi connectivity index (χ0v) is 12.0. The number of aromatic nitrogens is 2. The Labute approximate surface area is 123 Å². The largest absolute Gasteiger partial charge is 0.397 e. The number of benzene rings is 1. The Morgan fingerprint density at radius 1 is 1.43 bits per heavy atom. The highest BCUT2D eigenvalue weighted by atomic mass is 16.1. The normalized spacial score (nSPS) is 13.7. The van der Waals surface area contributed by atoms with Crippen LogP contribution in [0.1, 0.15) is 17.5 Å². The molecule has 3 rings (SSSR count). The lowest BCUT2D eigenvalue weighted by molar-refractivity contribution is -0.116. The van der Waals surface area contributed by atoms with Crippen LogP contribution in [0, 0.1) is 0 Å². The van der Waals surface area contributed by atoms with Crippen LogP contribution in [-0.2, 0) is 24.7 Å². The molecule has 1 aliphatic rings. The minimum atomic E-state index is 0.0548. The van der Waals surface area contributed by atoms with Gasteiger partial charge in [0.05, 0.1) is 17.6 Å². The molecule has 0 radical (unpaired) electrons. The zero-order valence-electron chi connectivity index (χ0n) is 12.0. The molecule has 6 heteroatoms. The van der Waals surface area contributed by atoms with Crippen LogP contribution in [0.2, 0.25) is 0 Å². The van der Waals surface area contributed by atoms with Crippen LogP contribution in [-0.4, -0.2) is 22.2 Å². The van der Waals surface area contributed by atoms with E-state index < -0.39 is 0 Å². The summed E-state index contributed by atoms with van der Waals surface area (Å²) < 4.78 is 1.80. The van der Waals surface area contributed by atoms with E-state index >= 15 is 0 Å².